The first-order valence-electron chi connectivity index (χ1n) is 7.10. The van der Waals surface area contributed by atoms with E-state index in [1.54, 1.807) is 12.3 Å². The number of aromatic nitrogens is 1. The Hall–Kier alpha value is -2.23. The van der Waals surface area contributed by atoms with Crippen LogP contribution in [0.2, 0.25) is 0 Å². The van der Waals surface area contributed by atoms with Crippen molar-refractivity contribution in [2.45, 2.75) is 27.2 Å². The van der Waals surface area contributed by atoms with E-state index in [4.69, 9.17) is 0 Å². The standard InChI is InChI=1S/C17H18N2O2/c1-17(2,3)12-10-14(20)19(16(12)21)13-8-4-6-11-7-5-9-18-15(11)13/h4-9,12H,10H2,1-3H3. The molecule has 0 N–H and O–H groups in total. The van der Waals surface area contributed by atoms with Gasteiger partial charge in [-0.1, -0.05) is 39.0 Å². The van der Waals surface area contributed by atoms with Crippen LogP contribution in [0.15, 0.2) is 36.5 Å². The molecule has 1 saturated heterocycles. The molecule has 0 spiro atoms. The first-order chi connectivity index (χ1) is 9.89. The summed E-state index contributed by atoms with van der Waals surface area (Å²) in [7, 11) is 0. The van der Waals surface area contributed by atoms with E-state index in [9.17, 15) is 9.59 Å². The monoisotopic (exact) mass is 282 g/mol. The maximum atomic E-state index is 12.7. The van der Waals surface area contributed by atoms with Crippen molar-refractivity contribution in [1.82, 2.24) is 4.98 Å². The Morgan fingerprint density at radius 2 is 1.86 bits per heavy atom. The van der Waals surface area contributed by atoms with Gasteiger partial charge in [-0.25, -0.2) is 4.90 Å². The number of hydrogen-bond donors (Lipinski definition) is 0. The number of fused-ring (bicyclic) bond motifs is 1. The molecule has 4 nitrogen and oxygen atoms in total. The van der Waals surface area contributed by atoms with Gasteiger partial charge in [-0.2, -0.15) is 0 Å². The van der Waals surface area contributed by atoms with Crippen molar-refractivity contribution in [3.8, 4) is 0 Å². The molecule has 1 fully saturated rings. The molecule has 21 heavy (non-hydrogen) atoms. The molecular formula is C17H18N2O2. The molecule has 0 radical (unpaired) electrons. The molecule has 1 aliphatic rings. The van der Waals surface area contributed by atoms with Gasteiger partial charge in [-0.15, -0.1) is 0 Å². The van der Waals surface area contributed by atoms with Crippen LogP contribution >= 0.6 is 0 Å². The van der Waals surface area contributed by atoms with Crippen molar-refractivity contribution in [3.05, 3.63) is 36.5 Å². The number of carbonyl (C=O) groups excluding carboxylic acids is 2. The van der Waals surface area contributed by atoms with E-state index in [1.807, 2.05) is 45.0 Å². The van der Waals surface area contributed by atoms with Crippen LogP contribution in [0.25, 0.3) is 10.9 Å². The lowest BCUT2D eigenvalue weighted by atomic mass is 9.80. The van der Waals surface area contributed by atoms with Crippen molar-refractivity contribution in [2.24, 2.45) is 11.3 Å². The van der Waals surface area contributed by atoms with Crippen molar-refractivity contribution in [3.63, 3.8) is 0 Å². The van der Waals surface area contributed by atoms with Crippen LogP contribution in [0.4, 0.5) is 5.69 Å². The average Bonchev–Trinajstić information content (AvgIpc) is 2.73. The van der Waals surface area contributed by atoms with Crippen molar-refractivity contribution in [2.75, 3.05) is 4.90 Å². The lowest BCUT2D eigenvalue weighted by Crippen LogP contribution is -2.34. The number of pyridine rings is 1. The number of carbonyl (C=O) groups is 2. The van der Waals surface area contributed by atoms with Crippen molar-refractivity contribution >= 4 is 28.4 Å². The van der Waals surface area contributed by atoms with Crippen LogP contribution in [0.1, 0.15) is 27.2 Å². The number of anilines is 1. The summed E-state index contributed by atoms with van der Waals surface area (Å²) >= 11 is 0. The minimum atomic E-state index is -0.274. The molecule has 1 aromatic heterocycles. The molecule has 1 atom stereocenters. The van der Waals surface area contributed by atoms with E-state index in [2.05, 4.69) is 4.98 Å². The highest BCUT2D eigenvalue weighted by atomic mass is 16.2. The number of para-hydroxylation sites is 1. The van der Waals surface area contributed by atoms with Crippen LogP contribution in [0, 0.1) is 11.3 Å². The van der Waals surface area contributed by atoms with Gasteiger partial charge in [-0.3, -0.25) is 14.6 Å². The van der Waals surface area contributed by atoms with E-state index in [0.29, 0.717) is 11.2 Å². The van der Waals surface area contributed by atoms with Gasteiger partial charge in [0.1, 0.15) is 0 Å². The predicted molar refractivity (Wildman–Crippen MR) is 81.8 cm³/mol. The van der Waals surface area contributed by atoms with Gasteiger partial charge in [-0.05, 0) is 17.5 Å². The molecule has 0 bridgehead atoms. The Morgan fingerprint density at radius 3 is 2.52 bits per heavy atom. The zero-order valence-corrected chi connectivity index (χ0v) is 12.5. The van der Waals surface area contributed by atoms with E-state index in [0.717, 1.165) is 5.39 Å². The van der Waals surface area contributed by atoms with Gasteiger partial charge < -0.3 is 0 Å². The Morgan fingerprint density at radius 1 is 1.14 bits per heavy atom. The van der Waals surface area contributed by atoms with Gasteiger partial charge in [0.2, 0.25) is 11.8 Å². The van der Waals surface area contributed by atoms with Crippen LogP contribution in [0.3, 0.4) is 0 Å². The molecule has 2 amide bonds. The van der Waals surface area contributed by atoms with E-state index in [-0.39, 0.29) is 29.6 Å². The third-order valence-corrected chi connectivity index (χ3v) is 4.04. The second-order valence-electron chi connectivity index (χ2n) is 6.54. The zero-order valence-electron chi connectivity index (χ0n) is 12.5. The summed E-state index contributed by atoms with van der Waals surface area (Å²) in [6, 6.07) is 9.34. The minimum Gasteiger partial charge on any atom is -0.274 e. The van der Waals surface area contributed by atoms with Gasteiger partial charge in [0.15, 0.2) is 0 Å². The zero-order chi connectivity index (χ0) is 15.2. The number of benzene rings is 1. The maximum absolute atomic E-state index is 12.7. The van der Waals surface area contributed by atoms with Gasteiger partial charge in [0, 0.05) is 18.0 Å². The molecule has 2 heterocycles. The van der Waals surface area contributed by atoms with Crippen LogP contribution in [0.5, 0.6) is 0 Å². The van der Waals surface area contributed by atoms with E-state index < -0.39 is 0 Å². The summed E-state index contributed by atoms with van der Waals surface area (Å²) in [5.41, 5.74) is 1.06. The highest BCUT2D eigenvalue weighted by molar-refractivity contribution is 6.23. The molecule has 108 valence electrons. The Bertz CT molecular complexity index is 726. The molecule has 2 aromatic rings. The summed E-state index contributed by atoms with van der Waals surface area (Å²) in [6.45, 7) is 5.98. The molecule has 1 unspecified atom stereocenters. The van der Waals surface area contributed by atoms with Crippen molar-refractivity contribution in [1.29, 1.82) is 0 Å². The van der Waals surface area contributed by atoms with Gasteiger partial charge >= 0.3 is 0 Å². The molecule has 1 aromatic carbocycles. The summed E-state index contributed by atoms with van der Waals surface area (Å²) in [6.07, 6.45) is 1.95. The summed E-state index contributed by atoms with van der Waals surface area (Å²) in [5, 5.41) is 0.926. The number of imide groups is 1. The van der Waals surface area contributed by atoms with E-state index >= 15 is 0 Å². The molecule has 1 aliphatic heterocycles. The minimum absolute atomic E-state index is 0.120. The van der Waals surface area contributed by atoms with Gasteiger partial charge in [0.25, 0.3) is 0 Å². The number of amides is 2. The quantitative estimate of drug-likeness (QED) is 0.755. The summed E-state index contributed by atoms with van der Waals surface area (Å²) in [4.78, 5) is 30.7. The van der Waals surface area contributed by atoms with Crippen LogP contribution in [-0.2, 0) is 9.59 Å². The summed E-state index contributed by atoms with van der Waals surface area (Å²) in [5.74, 6) is -0.535. The molecule has 0 saturated carbocycles. The highest BCUT2D eigenvalue weighted by Crippen LogP contribution is 2.38. The molecule has 3 rings (SSSR count). The predicted octanol–water partition coefficient (Wildman–Crippen LogP) is 3.16. The Balaban J connectivity index is 2.11. The third-order valence-electron chi connectivity index (χ3n) is 4.04. The fourth-order valence-corrected chi connectivity index (χ4v) is 2.83. The van der Waals surface area contributed by atoms with Crippen LogP contribution < -0.4 is 4.90 Å². The average molecular weight is 282 g/mol. The van der Waals surface area contributed by atoms with Gasteiger partial charge in [0.05, 0.1) is 17.1 Å². The second-order valence-corrected chi connectivity index (χ2v) is 6.54. The fourth-order valence-electron chi connectivity index (χ4n) is 2.83. The molecule has 4 heteroatoms. The molecule has 0 aliphatic carbocycles. The third kappa shape index (κ3) is 2.20. The lowest BCUT2D eigenvalue weighted by molar-refractivity contribution is -0.123. The fraction of sp³-hybridized carbons (Fsp3) is 0.353. The first-order valence-corrected chi connectivity index (χ1v) is 7.10. The smallest absolute Gasteiger partial charge is 0.237 e. The topological polar surface area (TPSA) is 50.3 Å². The highest BCUT2D eigenvalue weighted by Gasteiger charge is 2.45. The number of nitrogens with zero attached hydrogens (tertiary/aromatic N) is 2. The maximum Gasteiger partial charge on any atom is 0.237 e. The van der Waals surface area contributed by atoms with Crippen LogP contribution in [-0.4, -0.2) is 16.8 Å². The second kappa shape index (κ2) is 4.65. The molecular weight excluding hydrogens is 264 g/mol. The number of hydrogen-bond acceptors (Lipinski definition) is 3. The largest absolute Gasteiger partial charge is 0.274 e. The van der Waals surface area contributed by atoms with Crippen molar-refractivity contribution < 1.29 is 9.59 Å². The number of rotatable bonds is 1. The Kier molecular flexibility index (Phi) is 3.04. The van der Waals surface area contributed by atoms with E-state index in [1.165, 1.54) is 4.90 Å². The SMILES string of the molecule is CC(C)(C)C1CC(=O)N(c2cccc3cccnc23)C1=O. The summed E-state index contributed by atoms with van der Waals surface area (Å²) < 4.78 is 0. The Labute approximate surface area is 123 Å². The normalized spacial score (nSPS) is 19.6. The first kappa shape index (κ1) is 13.7. The lowest BCUT2D eigenvalue weighted by Gasteiger charge is -2.25.